The molecule has 4 aliphatic rings. The summed E-state index contributed by atoms with van der Waals surface area (Å²) in [6.45, 7) is 1.83. The maximum atomic E-state index is 5.67. The molecule has 4 fully saturated rings. The summed E-state index contributed by atoms with van der Waals surface area (Å²) in [4.78, 5) is 4.78. The quantitative estimate of drug-likeness (QED) is 0.903. The maximum absolute atomic E-state index is 5.67. The predicted octanol–water partition coefficient (Wildman–Crippen LogP) is 2.70. The van der Waals surface area contributed by atoms with Crippen molar-refractivity contribution in [2.24, 2.45) is 23.5 Å². The number of aromatic nitrogens is 2. The Morgan fingerprint density at radius 2 is 1.79 bits per heavy atom. The molecule has 19 heavy (non-hydrogen) atoms. The number of nitrogens with two attached hydrogens (primary N) is 1. The third-order valence-electron chi connectivity index (χ3n) is 5.83. The predicted molar refractivity (Wildman–Crippen MR) is 75.7 cm³/mol. The maximum Gasteiger partial charge on any atom is 0.114 e. The lowest BCUT2D eigenvalue weighted by Gasteiger charge is -2.56. The van der Waals surface area contributed by atoms with E-state index in [2.05, 4.69) is 10.8 Å². The molecule has 0 saturated heterocycles. The molecule has 3 nitrogen and oxygen atoms in total. The molecule has 4 bridgehead atoms. The van der Waals surface area contributed by atoms with Crippen molar-refractivity contribution in [3.8, 4) is 0 Å². The van der Waals surface area contributed by atoms with Crippen LogP contribution in [0.1, 0.15) is 50.8 Å². The van der Waals surface area contributed by atoms with E-state index in [0.29, 0.717) is 5.41 Å². The van der Waals surface area contributed by atoms with Gasteiger partial charge in [0.25, 0.3) is 0 Å². The second-order valence-corrected chi connectivity index (χ2v) is 7.28. The summed E-state index contributed by atoms with van der Waals surface area (Å²) in [5, 5.41) is 0. The van der Waals surface area contributed by atoms with E-state index in [-0.39, 0.29) is 0 Å². The summed E-state index contributed by atoms with van der Waals surface area (Å²) in [5.74, 6) is 4.36. The second kappa shape index (κ2) is 4.34. The fraction of sp³-hybridized carbons (Fsp3) is 0.812. The van der Waals surface area contributed by atoms with Gasteiger partial charge in [-0.3, -0.25) is 0 Å². The van der Waals surface area contributed by atoms with Gasteiger partial charge in [-0.1, -0.05) is 0 Å². The van der Waals surface area contributed by atoms with Crippen LogP contribution in [0, 0.1) is 17.8 Å². The second-order valence-electron chi connectivity index (χ2n) is 7.28. The summed E-state index contributed by atoms with van der Waals surface area (Å²) in [6.07, 6.45) is 14.0. The van der Waals surface area contributed by atoms with Crippen LogP contribution in [0.5, 0.6) is 0 Å². The molecule has 0 aromatic carbocycles. The number of rotatable bonds is 4. The minimum Gasteiger partial charge on any atom is -0.334 e. The minimum absolute atomic E-state index is 0.423. The molecule has 0 radical (unpaired) electrons. The molecule has 0 unspecified atom stereocenters. The van der Waals surface area contributed by atoms with Crippen molar-refractivity contribution < 1.29 is 0 Å². The average molecular weight is 259 g/mol. The molecule has 1 aromatic heterocycles. The summed E-state index contributed by atoms with van der Waals surface area (Å²) >= 11 is 0. The smallest absolute Gasteiger partial charge is 0.114 e. The van der Waals surface area contributed by atoms with Crippen LogP contribution in [0.15, 0.2) is 12.4 Å². The Morgan fingerprint density at radius 1 is 1.16 bits per heavy atom. The van der Waals surface area contributed by atoms with Gasteiger partial charge in [0.1, 0.15) is 5.82 Å². The first-order chi connectivity index (χ1) is 9.29. The Balaban J connectivity index is 1.66. The Hall–Kier alpha value is -0.830. The van der Waals surface area contributed by atoms with Crippen molar-refractivity contribution in [1.82, 2.24) is 9.55 Å². The number of aryl methyl sites for hydroxylation is 1. The zero-order valence-electron chi connectivity index (χ0n) is 11.7. The first kappa shape index (κ1) is 12.0. The van der Waals surface area contributed by atoms with E-state index in [0.717, 1.165) is 37.3 Å². The van der Waals surface area contributed by atoms with Crippen molar-refractivity contribution in [3.05, 3.63) is 18.2 Å². The lowest BCUT2D eigenvalue weighted by atomic mass is 9.49. The van der Waals surface area contributed by atoms with E-state index in [1.165, 1.54) is 44.3 Å². The highest BCUT2D eigenvalue weighted by Gasteiger charge is 2.53. The minimum atomic E-state index is 0.423. The van der Waals surface area contributed by atoms with E-state index in [9.17, 15) is 0 Å². The van der Waals surface area contributed by atoms with Gasteiger partial charge in [-0.15, -0.1) is 0 Å². The topological polar surface area (TPSA) is 43.8 Å². The van der Waals surface area contributed by atoms with Crippen molar-refractivity contribution in [2.45, 2.75) is 56.9 Å². The monoisotopic (exact) mass is 259 g/mol. The van der Waals surface area contributed by atoms with Crippen LogP contribution in [0.4, 0.5) is 0 Å². The summed E-state index contributed by atoms with van der Waals surface area (Å²) < 4.78 is 2.40. The largest absolute Gasteiger partial charge is 0.334 e. The van der Waals surface area contributed by atoms with Crippen molar-refractivity contribution in [3.63, 3.8) is 0 Å². The van der Waals surface area contributed by atoms with E-state index in [1.807, 2.05) is 6.20 Å². The molecule has 0 spiro atoms. The van der Waals surface area contributed by atoms with Crippen molar-refractivity contribution >= 4 is 0 Å². The summed E-state index contributed by atoms with van der Waals surface area (Å²) in [7, 11) is 0. The first-order valence-electron chi connectivity index (χ1n) is 8.01. The number of hydrogen-bond acceptors (Lipinski definition) is 2. The van der Waals surface area contributed by atoms with Gasteiger partial charge in [0.05, 0.1) is 0 Å². The van der Waals surface area contributed by atoms with Crippen molar-refractivity contribution in [2.75, 3.05) is 6.54 Å². The van der Waals surface area contributed by atoms with Crippen LogP contribution in [0.2, 0.25) is 0 Å². The molecular formula is C16H25N3. The van der Waals surface area contributed by atoms with Gasteiger partial charge in [-0.05, 0) is 69.2 Å². The Labute approximate surface area is 115 Å². The number of hydrogen-bond donors (Lipinski definition) is 1. The highest BCUT2D eigenvalue weighted by molar-refractivity contribution is 5.18. The first-order valence-corrected chi connectivity index (χ1v) is 8.01. The van der Waals surface area contributed by atoms with Gasteiger partial charge in [-0.25, -0.2) is 4.98 Å². The van der Waals surface area contributed by atoms with Gasteiger partial charge in [-0.2, -0.15) is 0 Å². The summed E-state index contributed by atoms with van der Waals surface area (Å²) in [5.41, 5.74) is 6.09. The zero-order valence-corrected chi connectivity index (χ0v) is 11.7. The number of imidazole rings is 1. The van der Waals surface area contributed by atoms with Crippen LogP contribution in [0.3, 0.4) is 0 Å². The molecule has 4 aliphatic carbocycles. The lowest BCUT2D eigenvalue weighted by Crippen LogP contribution is -2.49. The molecule has 104 valence electrons. The van der Waals surface area contributed by atoms with Crippen LogP contribution in [-0.2, 0) is 12.0 Å². The highest BCUT2D eigenvalue weighted by atomic mass is 15.1. The molecular weight excluding hydrogens is 234 g/mol. The van der Waals surface area contributed by atoms with E-state index in [4.69, 9.17) is 10.7 Å². The van der Waals surface area contributed by atoms with E-state index < -0.39 is 0 Å². The standard InChI is InChI=1S/C16H25N3/c17-2-1-4-19-5-3-18-15(19)16-9-12-6-13(10-16)8-14(7-12)11-16/h3,5,12-14H,1-2,4,6-11,17H2. The SMILES string of the molecule is NCCCn1ccnc1C12CC3CC(CC(C3)C1)C2. The molecule has 0 atom stereocenters. The van der Waals surface area contributed by atoms with Gasteiger partial charge in [0.2, 0.25) is 0 Å². The van der Waals surface area contributed by atoms with Gasteiger partial charge >= 0.3 is 0 Å². The molecule has 2 N–H and O–H groups in total. The Morgan fingerprint density at radius 3 is 2.37 bits per heavy atom. The van der Waals surface area contributed by atoms with E-state index >= 15 is 0 Å². The van der Waals surface area contributed by atoms with Gasteiger partial charge < -0.3 is 10.3 Å². The molecule has 1 aromatic rings. The van der Waals surface area contributed by atoms with Crippen LogP contribution in [-0.4, -0.2) is 16.1 Å². The third kappa shape index (κ3) is 1.85. The van der Waals surface area contributed by atoms with Crippen LogP contribution >= 0.6 is 0 Å². The number of nitrogens with zero attached hydrogens (tertiary/aromatic N) is 2. The molecule has 4 saturated carbocycles. The molecule has 1 heterocycles. The fourth-order valence-electron chi connectivity index (χ4n) is 5.60. The van der Waals surface area contributed by atoms with Crippen LogP contribution in [0.25, 0.3) is 0 Å². The summed E-state index contributed by atoms with van der Waals surface area (Å²) in [6, 6.07) is 0. The van der Waals surface area contributed by atoms with Crippen molar-refractivity contribution in [1.29, 1.82) is 0 Å². The zero-order chi connectivity index (χ0) is 12.9. The third-order valence-corrected chi connectivity index (χ3v) is 5.83. The van der Waals surface area contributed by atoms with Crippen LogP contribution < -0.4 is 5.73 Å². The molecule has 0 amide bonds. The molecule has 5 rings (SSSR count). The normalized spacial score (nSPS) is 39.9. The average Bonchev–Trinajstić information content (AvgIpc) is 2.83. The van der Waals surface area contributed by atoms with Gasteiger partial charge in [0.15, 0.2) is 0 Å². The Bertz CT molecular complexity index is 427. The fourth-order valence-corrected chi connectivity index (χ4v) is 5.60. The molecule has 0 aliphatic heterocycles. The molecule has 3 heteroatoms. The lowest BCUT2D eigenvalue weighted by molar-refractivity contribution is -0.0110. The van der Waals surface area contributed by atoms with Gasteiger partial charge in [0, 0.05) is 24.4 Å². The van der Waals surface area contributed by atoms with E-state index in [1.54, 1.807) is 0 Å². The Kier molecular flexibility index (Phi) is 2.73. The highest BCUT2D eigenvalue weighted by Crippen LogP contribution is 2.60.